The second kappa shape index (κ2) is 7.58. The highest BCUT2D eigenvalue weighted by molar-refractivity contribution is 6.30. The van der Waals surface area contributed by atoms with Gasteiger partial charge in [-0.1, -0.05) is 81.1 Å². The molecular formula is C34H28ClN. The van der Waals surface area contributed by atoms with E-state index in [1.807, 2.05) is 12.1 Å². The number of rotatable bonds is 1. The van der Waals surface area contributed by atoms with Gasteiger partial charge in [-0.3, -0.25) is 0 Å². The van der Waals surface area contributed by atoms with Crippen LogP contribution < -0.4 is 0 Å². The molecule has 1 spiro atoms. The summed E-state index contributed by atoms with van der Waals surface area (Å²) in [6.07, 6.45) is 6.26. The van der Waals surface area contributed by atoms with E-state index in [4.69, 9.17) is 11.6 Å². The predicted octanol–water partition coefficient (Wildman–Crippen LogP) is 9.42. The van der Waals surface area contributed by atoms with Crippen LogP contribution in [0.15, 0.2) is 72.8 Å². The number of nitriles is 1. The van der Waals surface area contributed by atoms with E-state index in [0.717, 1.165) is 10.6 Å². The van der Waals surface area contributed by atoms with Gasteiger partial charge in [0.25, 0.3) is 0 Å². The third-order valence-corrected chi connectivity index (χ3v) is 9.40. The molecule has 1 fully saturated rings. The van der Waals surface area contributed by atoms with E-state index < -0.39 is 0 Å². The van der Waals surface area contributed by atoms with Gasteiger partial charge in [-0.2, -0.15) is 5.26 Å². The largest absolute Gasteiger partial charge is 0.192 e. The molecule has 0 unspecified atom stereocenters. The predicted molar refractivity (Wildman–Crippen MR) is 148 cm³/mol. The first kappa shape index (κ1) is 21.9. The normalized spacial score (nSPS) is 17.7. The zero-order chi connectivity index (χ0) is 24.7. The van der Waals surface area contributed by atoms with Crippen LogP contribution >= 0.6 is 11.6 Å². The minimum Gasteiger partial charge on any atom is -0.192 e. The first-order valence-corrected chi connectivity index (χ1v) is 13.4. The Kier molecular flexibility index (Phi) is 4.61. The maximum absolute atomic E-state index is 9.45. The summed E-state index contributed by atoms with van der Waals surface area (Å²) in [4.78, 5) is 0. The smallest absolute Gasteiger partial charge is 0.0991 e. The second-order valence-corrected chi connectivity index (χ2v) is 11.8. The summed E-state index contributed by atoms with van der Waals surface area (Å²) >= 11 is 6.52. The summed E-state index contributed by atoms with van der Waals surface area (Å²) in [6, 6.07) is 29.0. The van der Waals surface area contributed by atoms with Crippen LogP contribution in [0.2, 0.25) is 5.02 Å². The number of halogens is 1. The molecule has 1 nitrogen and oxygen atoms in total. The van der Waals surface area contributed by atoms with Gasteiger partial charge in [0.15, 0.2) is 0 Å². The molecule has 0 bridgehead atoms. The van der Waals surface area contributed by atoms with Crippen LogP contribution in [0.3, 0.4) is 0 Å². The van der Waals surface area contributed by atoms with Crippen LogP contribution in [-0.2, 0) is 10.8 Å². The molecule has 0 aromatic heterocycles. The van der Waals surface area contributed by atoms with Crippen molar-refractivity contribution in [3.05, 3.63) is 106 Å². The Balaban J connectivity index is 1.37. The summed E-state index contributed by atoms with van der Waals surface area (Å²) in [5.74, 6) is 0. The Morgan fingerprint density at radius 3 is 1.83 bits per heavy atom. The number of fused-ring (bicyclic) bond motifs is 8. The SMILES string of the molecule is CC1(C)c2cc(C#N)ccc2-c2ccc(-c3ccc4c(c3)C3(CCCCC3)c3cc(Cl)ccc3-4)cc21. The van der Waals surface area contributed by atoms with Gasteiger partial charge in [0.2, 0.25) is 0 Å². The van der Waals surface area contributed by atoms with Crippen molar-refractivity contribution in [3.8, 4) is 39.4 Å². The average molecular weight is 486 g/mol. The van der Waals surface area contributed by atoms with Crippen molar-refractivity contribution in [1.29, 1.82) is 5.26 Å². The molecule has 3 aliphatic rings. The fourth-order valence-electron chi connectivity index (χ4n) is 7.33. The molecule has 4 aromatic carbocycles. The third kappa shape index (κ3) is 2.89. The highest BCUT2D eigenvalue weighted by Crippen LogP contribution is 2.57. The van der Waals surface area contributed by atoms with E-state index in [0.29, 0.717) is 0 Å². The second-order valence-electron chi connectivity index (χ2n) is 11.4. The lowest BCUT2D eigenvalue weighted by Crippen LogP contribution is -2.28. The number of benzene rings is 4. The molecule has 1 saturated carbocycles. The lowest BCUT2D eigenvalue weighted by atomic mass is 9.67. The Bertz CT molecular complexity index is 1610. The van der Waals surface area contributed by atoms with Crippen molar-refractivity contribution in [2.75, 3.05) is 0 Å². The molecule has 3 aliphatic carbocycles. The van der Waals surface area contributed by atoms with E-state index in [9.17, 15) is 5.26 Å². The Morgan fingerprint density at radius 1 is 0.639 bits per heavy atom. The molecule has 0 atom stereocenters. The van der Waals surface area contributed by atoms with Crippen molar-refractivity contribution in [2.45, 2.75) is 56.8 Å². The third-order valence-electron chi connectivity index (χ3n) is 9.17. The zero-order valence-electron chi connectivity index (χ0n) is 20.8. The van der Waals surface area contributed by atoms with Gasteiger partial charge in [0, 0.05) is 15.9 Å². The van der Waals surface area contributed by atoms with E-state index in [2.05, 4.69) is 80.6 Å². The lowest BCUT2D eigenvalue weighted by Gasteiger charge is -2.36. The topological polar surface area (TPSA) is 23.8 Å². The maximum atomic E-state index is 9.45. The quantitative estimate of drug-likeness (QED) is 0.263. The van der Waals surface area contributed by atoms with Crippen LogP contribution in [0.5, 0.6) is 0 Å². The molecule has 0 aliphatic heterocycles. The van der Waals surface area contributed by atoms with E-state index in [1.54, 1.807) is 0 Å². The van der Waals surface area contributed by atoms with Gasteiger partial charge in [0.05, 0.1) is 11.6 Å². The molecule has 176 valence electrons. The monoisotopic (exact) mass is 485 g/mol. The van der Waals surface area contributed by atoms with Gasteiger partial charge in [-0.25, -0.2) is 0 Å². The zero-order valence-corrected chi connectivity index (χ0v) is 21.5. The molecule has 4 aromatic rings. The van der Waals surface area contributed by atoms with E-state index >= 15 is 0 Å². The minimum absolute atomic E-state index is 0.0871. The van der Waals surface area contributed by atoms with Crippen LogP contribution in [0.4, 0.5) is 0 Å². The number of nitrogens with zero attached hydrogens (tertiary/aromatic N) is 1. The Morgan fingerprint density at radius 2 is 1.17 bits per heavy atom. The summed E-state index contributed by atoms with van der Waals surface area (Å²) in [7, 11) is 0. The van der Waals surface area contributed by atoms with Crippen LogP contribution in [0, 0.1) is 11.3 Å². The van der Waals surface area contributed by atoms with Crippen LogP contribution in [0.25, 0.3) is 33.4 Å². The van der Waals surface area contributed by atoms with Crippen LogP contribution in [-0.4, -0.2) is 0 Å². The first-order valence-electron chi connectivity index (χ1n) is 13.1. The summed E-state index contributed by atoms with van der Waals surface area (Å²) in [6.45, 7) is 4.56. The maximum Gasteiger partial charge on any atom is 0.0991 e. The fourth-order valence-corrected chi connectivity index (χ4v) is 7.50. The van der Waals surface area contributed by atoms with Gasteiger partial charge in [-0.05, 0) is 105 Å². The number of hydrogen-bond acceptors (Lipinski definition) is 1. The van der Waals surface area contributed by atoms with Crippen molar-refractivity contribution < 1.29 is 0 Å². The van der Waals surface area contributed by atoms with Gasteiger partial charge in [-0.15, -0.1) is 0 Å². The first-order chi connectivity index (χ1) is 17.4. The van der Waals surface area contributed by atoms with Gasteiger partial charge in [0.1, 0.15) is 0 Å². The van der Waals surface area contributed by atoms with Crippen molar-refractivity contribution in [1.82, 2.24) is 0 Å². The molecule has 0 saturated heterocycles. The molecule has 0 heterocycles. The fraction of sp³-hybridized carbons (Fsp3) is 0.265. The van der Waals surface area contributed by atoms with E-state index in [-0.39, 0.29) is 10.8 Å². The van der Waals surface area contributed by atoms with E-state index in [1.165, 1.54) is 87.7 Å². The number of hydrogen-bond donors (Lipinski definition) is 0. The summed E-state index contributed by atoms with van der Waals surface area (Å²) in [5.41, 5.74) is 14.0. The highest BCUT2D eigenvalue weighted by Gasteiger charge is 2.44. The van der Waals surface area contributed by atoms with Crippen molar-refractivity contribution >= 4 is 11.6 Å². The Labute approximate surface area is 218 Å². The molecule has 36 heavy (non-hydrogen) atoms. The van der Waals surface area contributed by atoms with Crippen molar-refractivity contribution in [2.24, 2.45) is 0 Å². The summed E-state index contributed by atoms with van der Waals surface area (Å²) in [5, 5.41) is 10.3. The standard InChI is InChI=1S/C34H28ClN/c1-33(2)29-16-21(20-36)6-10-25(29)26-11-7-22(17-30(26)33)23-8-12-27-28-13-9-24(35)19-32(28)34(31(27)18-23)14-4-3-5-15-34/h6-13,16-19H,3-5,14-15H2,1-2H3. The average Bonchev–Trinajstić information content (AvgIpc) is 3.29. The Hall–Kier alpha value is -3.34. The van der Waals surface area contributed by atoms with Gasteiger partial charge >= 0.3 is 0 Å². The molecule has 0 N–H and O–H groups in total. The highest BCUT2D eigenvalue weighted by atomic mass is 35.5. The summed E-state index contributed by atoms with van der Waals surface area (Å²) < 4.78 is 0. The minimum atomic E-state index is -0.137. The molecule has 0 radical (unpaired) electrons. The molecule has 0 amide bonds. The molecule has 7 rings (SSSR count). The van der Waals surface area contributed by atoms with Crippen molar-refractivity contribution in [3.63, 3.8) is 0 Å². The molecule has 2 heteroatoms. The lowest BCUT2D eigenvalue weighted by molar-refractivity contribution is 0.353. The van der Waals surface area contributed by atoms with Crippen LogP contribution in [0.1, 0.15) is 73.8 Å². The van der Waals surface area contributed by atoms with Gasteiger partial charge < -0.3 is 0 Å². The molecular weight excluding hydrogens is 458 g/mol.